The Bertz CT molecular complexity index is 204. The van der Waals surface area contributed by atoms with Gasteiger partial charge in [0.05, 0.1) is 0 Å². The van der Waals surface area contributed by atoms with Crippen molar-refractivity contribution >= 4 is 11.6 Å². The molecule has 0 fully saturated rings. The molecule has 12 heavy (non-hydrogen) atoms. The minimum absolute atomic E-state index is 0.314. The van der Waals surface area contributed by atoms with Crippen LogP contribution in [-0.4, -0.2) is 5.38 Å². The third-order valence-electron chi connectivity index (χ3n) is 1.91. The highest BCUT2D eigenvalue weighted by Gasteiger charge is 1.96. The van der Waals surface area contributed by atoms with Crippen molar-refractivity contribution in [1.29, 1.82) is 0 Å². The summed E-state index contributed by atoms with van der Waals surface area (Å²) in [5.41, 5.74) is 1.41. The largest absolute Gasteiger partial charge is 0.123 e. The molecule has 1 heteroatoms. The van der Waals surface area contributed by atoms with Crippen molar-refractivity contribution in [3.8, 4) is 0 Å². The molecule has 0 spiro atoms. The van der Waals surface area contributed by atoms with E-state index in [4.69, 9.17) is 11.6 Å². The molecule has 0 aliphatic heterocycles. The minimum Gasteiger partial charge on any atom is -0.123 e. The zero-order valence-electron chi connectivity index (χ0n) is 7.46. The molecular weight excluding hydrogens is 168 g/mol. The molecule has 0 N–H and O–H groups in total. The van der Waals surface area contributed by atoms with Gasteiger partial charge in [0.15, 0.2) is 0 Å². The predicted octanol–water partition coefficient (Wildman–Crippen LogP) is 3.64. The van der Waals surface area contributed by atoms with Gasteiger partial charge in [0.2, 0.25) is 0 Å². The molecule has 0 aliphatic rings. The van der Waals surface area contributed by atoms with Crippen molar-refractivity contribution in [2.75, 3.05) is 0 Å². The molecule has 0 aliphatic carbocycles. The average Bonchev–Trinajstić information content (AvgIpc) is 2.05. The second kappa shape index (κ2) is 5.21. The van der Waals surface area contributed by atoms with Crippen LogP contribution in [0, 0.1) is 0 Å². The number of halogens is 1. The Kier molecular flexibility index (Phi) is 4.16. The smallest absolute Gasteiger partial charge is 0.0308 e. The Morgan fingerprint density at radius 3 is 2.50 bits per heavy atom. The summed E-state index contributed by atoms with van der Waals surface area (Å²) in [6.07, 6.45) is 3.45. The molecule has 1 aromatic rings. The highest BCUT2D eigenvalue weighted by atomic mass is 35.5. The lowest BCUT2D eigenvalue weighted by molar-refractivity contribution is 0.724. The fourth-order valence-corrected chi connectivity index (χ4v) is 1.39. The van der Waals surface area contributed by atoms with E-state index in [0.717, 1.165) is 12.8 Å². The second-order valence-electron chi connectivity index (χ2n) is 3.16. The van der Waals surface area contributed by atoms with Gasteiger partial charge in [-0.05, 0) is 31.7 Å². The maximum atomic E-state index is 5.84. The zero-order chi connectivity index (χ0) is 8.81. The van der Waals surface area contributed by atoms with Crippen LogP contribution in [0.1, 0.15) is 25.3 Å². The Morgan fingerprint density at radius 2 is 1.92 bits per heavy atom. The van der Waals surface area contributed by atoms with Crippen molar-refractivity contribution in [3.05, 3.63) is 35.9 Å². The van der Waals surface area contributed by atoms with Crippen molar-refractivity contribution < 1.29 is 0 Å². The number of aryl methyl sites for hydroxylation is 1. The first-order chi connectivity index (χ1) is 5.79. The van der Waals surface area contributed by atoms with Gasteiger partial charge in [-0.3, -0.25) is 0 Å². The first-order valence-corrected chi connectivity index (χ1v) is 4.90. The quantitative estimate of drug-likeness (QED) is 0.624. The highest BCUT2D eigenvalue weighted by molar-refractivity contribution is 6.20. The Morgan fingerprint density at radius 1 is 1.25 bits per heavy atom. The summed E-state index contributed by atoms with van der Waals surface area (Å²) in [5, 5.41) is 0.314. The highest BCUT2D eigenvalue weighted by Crippen LogP contribution is 2.08. The molecule has 0 heterocycles. The van der Waals surface area contributed by atoms with Gasteiger partial charge in [0.1, 0.15) is 0 Å². The van der Waals surface area contributed by atoms with E-state index < -0.39 is 0 Å². The molecule has 0 saturated heterocycles. The summed E-state index contributed by atoms with van der Waals surface area (Å²) in [6, 6.07) is 10.5. The van der Waals surface area contributed by atoms with Gasteiger partial charge >= 0.3 is 0 Å². The van der Waals surface area contributed by atoms with Crippen LogP contribution in [0.15, 0.2) is 30.3 Å². The van der Waals surface area contributed by atoms with E-state index >= 15 is 0 Å². The fraction of sp³-hybridized carbons (Fsp3) is 0.455. The maximum absolute atomic E-state index is 5.84. The lowest BCUT2D eigenvalue weighted by atomic mass is 10.1. The van der Waals surface area contributed by atoms with Crippen LogP contribution in [0.2, 0.25) is 0 Å². The minimum atomic E-state index is 0.314. The maximum Gasteiger partial charge on any atom is 0.0308 e. The molecule has 1 aromatic carbocycles. The number of rotatable bonds is 4. The Hall–Kier alpha value is -0.490. The third kappa shape index (κ3) is 3.77. The van der Waals surface area contributed by atoms with Gasteiger partial charge in [-0.1, -0.05) is 30.3 Å². The topological polar surface area (TPSA) is 0 Å². The van der Waals surface area contributed by atoms with E-state index in [2.05, 4.69) is 24.3 Å². The van der Waals surface area contributed by atoms with Gasteiger partial charge in [-0.15, -0.1) is 11.6 Å². The number of benzene rings is 1. The van der Waals surface area contributed by atoms with Gasteiger partial charge in [-0.25, -0.2) is 0 Å². The molecule has 0 saturated carbocycles. The molecule has 1 atom stereocenters. The Balaban J connectivity index is 2.25. The molecule has 0 unspecified atom stereocenters. The van der Waals surface area contributed by atoms with E-state index in [-0.39, 0.29) is 0 Å². The number of hydrogen-bond donors (Lipinski definition) is 0. The van der Waals surface area contributed by atoms with Gasteiger partial charge in [0, 0.05) is 5.38 Å². The van der Waals surface area contributed by atoms with E-state index in [1.165, 1.54) is 12.0 Å². The summed E-state index contributed by atoms with van der Waals surface area (Å²) < 4.78 is 0. The molecule has 1 rings (SSSR count). The van der Waals surface area contributed by atoms with Crippen molar-refractivity contribution in [2.24, 2.45) is 0 Å². The van der Waals surface area contributed by atoms with Crippen LogP contribution in [0.3, 0.4) is 0 Å². The number of hydrogen-bond acceptors (Lipinski definition) is 0. The summed E-state index contributed by atoms with van der Waals surface area (Å²) in [5.74, 6) is 0. The van der Waals surface area contributed by atoms with Gasteiger partial charge < -0.3 is 0 Å². The number of alkyl halides is 1. The average molecular weight is 183 g/mol. The summed E-state index contributed by atoms with van der Waals surface area (Å²) in [6.45, 7) is 2.05. The molecule has 0 aromatic heterocycles. The Labute approximate surface area is 79.6 Å². The summed E-state index contributed by atoms with van der Waals surface area (Å²) in [7, 11) is 0. The predicted molar refractivity (Wildman–Crippen MR) is 54.7 cm³/mol. The molecule has 0 nitrogen and oxygen atoms in total. The van der Waals surface area contributed by atoms with Crippen LogP contribution >= 0.6 is 11.6 Å². The SMILES string of the molecule is C[C@H](Cl)CCCc1ccccc1. The zero-order valence-corrected chi connectivity index (χ0v) is 8.22. The lowest BCUT2D eigenvalue weighted by Crippen LogP contribution is -1.92. The first kappa shape index (κ1) is 9.60. The van der Waals surface area contributed by atoms with Crippen LogP contribution in [-0.2, 0) is 6.42 Å². The van der Waals surface area contributed by atoms with Crippen LogP contribution in [0.5, 0.6) is 0 Å². The van der Waals surface area contributed by atoms with Crippen LogP contribution in [0.4, 0.5) is 0 Å². The lowest BCUT2D eigenvalue weighted by Gasteiger charge is -2.02. The van der Waals surface area contributed by atoms with Gasteiger partial charge in [0.25, 0.3) is 0 Å². The van der Waals surface area contributed by atoms with Crippen molar-refractivity contribution in [1.82, 2.24) is 0 Å². The van der Waals surface area contributed by atoms with E-state index in [9.17, 15) is 0 Å². The molecule has 0 amide bonds. The fourth-order valence-electron chi connectivity index (χ4n) is 1.23. The molecule has 66 valence electrons. The van der Waals surface area contributed by atoms with Gasteiger partial charge in [-0.2, -0.15) is 0 Å². The van der Waals surface area contributed by atoms with E-state index in [1.807, 2.05) is 13.0 Å². The summed E-state index contributed by atoms with van der Waals surface area (Å²) >= 11 is 5.84. The van der Waals surface area contributed by atoms with Crippen LogP contribution < -0.4 is 0 Å². The molecule has 0 radical (unpaired) electrons. The second-order valence-corrected chi connectivity index (χ2v) is 3.90. The molecule has 0 bridgehead atoms. The van der Waals surface area contributed by atoms with Crippen LogP contribution in [0.25, 0.3) is 0 Å². The summed E-state index contributed by atoms with van der Waals surface area (Å²) in [4.78, 5) is 0. The monoisotopic (exact) mass is 182 g/mol. The normalized spacial score (nSPS) is 12.8. The van der Waals surface area contributed by atoms with E-state index in [1.54, 1.807) is 0 Å². The van der Waals surface area contributed by atoms with Crippen molar-refractivity contribution in [3.63, 3.8) is 0 Å². The first-order valence-electron chi connectivity index (χ1n) is 4.47. The van der Waals surface area contributed by atoms with E-state index in [0.29, 0.717) is 5.38 Å². The standard InChI is InChI=1S/C11H15Cl/c1-10(12)6-5-9-11-7-3-2-4-8-11/h2-4,7-8,10H,5-6,9H2,1H3/t10-/m0/s1. The molecular formula is C11H15Cl. The third-order valence-corrected chi connectivity index (χ3v) is 2.13. The van der Waals surface area contributed by atoms with Crippen molar-refractivity contribution in [2.45, 2.75) is 31.6 Å².